The Balaban J connectivity index is 1.66. The van der Waals surface area contributed by atoms with Crippen molar-refractivity contribution in [1.29, 1.82) is 0 Å². The molecule has 0 radical (unpaired) electrons. The van der Waals surface area contributed by atoms with Gasteiger partial charge in [0.05, 0.1) is 20.8 Å². The van der Waals surface area contributed by atoms with Gasteiger partial charge in [0.2, 0.25) is 5.91 Å². The van der Waals surface area contributed by atoms with Crippen LogP contribution in [-0.4, -0.2) is 36.3 Å². The normalized spacial score (nSPS) is 11.1. The molecule has 3 aromatic carbocycles. The summed E-state index contributed by atoms with van der Waals surface area (Å²) in [7, 11) is 3.28. The number of methoxy groups -OCH3 is 2. The van der Waals surface area contributed by atoms with Crippen molar-refractivity contribution in [2.75, 3.05) is 26.1 Å². The highest BCUT2D eigenvalue weighted by Crippen LogP contribution is 2.41. The third-order valence-electron chi connectivity index (χ3n) is 6.21. The van der Waals surface area contributed by atoms with Gasteiger partial charge in [-0.2, -0.15) is 4.98 Å². The minimum Gasteiger partial charge on any atom is -0.497 e. The molecule has 0 unspecified atom stereocenters. The van der Waals surface area contributed by atoms with Crippen LogP contribution < -0.4 is 20.5 Å². The molecule has 0 bridgehead atoms. The van der Waals surface area contributed by atoms with E-state index in [4.69, 9.17) is 14.2 Å². The second-order valence-electron chi connectivity index (χ2n) is 8.68. The molecular weight excluding hydrogens is 482 g/mol. The Morgan fingerprint density at radius 2 is 1.39 bits per heavy atom. The van der Waals surface area contributed by atoms with Crippen LogP contribution in [0.25, 0.3) is 0 Å². The molecule has 0 aliphatic rings. The number of nitrogens with one attached hydrogen (secondary N) is 1. The van der Waals surface area contributed by atoms with Gasteiger partial charge in [-0.15, -0.1) is 0 Å². The summed E-state index contributed by atoms with van der Waals surface area (Å²) >= 11 is 0. The van der Waals surface area contributed by atoms with E-state index in [1.54, 1.807) is 26.5 Å². The summed E-state index contributed by atoms with van der Waals surface area (Å²) in [5.41, 5.74) is 1.49. The molecule has 1 aromatic heterocycles. The maximum Gasteiger partial charge on any atom is 0.349 e. The Kier molecular flexibility index (Phi) is 8.55. The topological polar surface area (TPSA) is 91.7 Å². The van der Waals surface area contributed by atoms with Crippen LogP contribution in [0, 0.1) is 0 Å². The summed E-state index contributed by atoms with van der Waals surface area (Å²) < 4.78 is 19.1. The van der Waals surface area contributed by atoms with Crippen LogP contribution in [0.1, 0.15) is 30.0 Å². The molecule has 0 aliphatic carbocycles. The minimum atomic E-state index is -0.918. The van der Waals surface area contributed by atoms with E-state index in [1.165, 1.54) is 11.5 Å². The van der Waals surface area contributed by atoms with Crippen molar-refractivity contribution in [3.8, 4) is 11.5 Å². The van der Waals surface area contributed by atoms with Gasteiger partial charge in [0.25, 0.3) is 0 Å². The van der Waals surface area contributed by atoms with Crippen LogP contribution >= 0.6 is 0 Å². The van der Waals surface area contributed by atoms with Crippen molar-refractivity contribution in [3.63, 3.8) is 0 Å². The molecule has 4 rings (SSSR count). The molecule has 0 saturated heterocycles. The highest BCUT2D eigenvalue weighted by atomic mass is 16.5. The molecule has 38 heavy (non-hydrogen) atoms. The first-order valence-corrected chi connectivity index (χ1v) is 12.3. The van der Waals surface area contributed by atoms with Gasteiger partial charge in [0.1, 0.15) is 22.9 Å². The maximum atomic E-state index is 12.4. The number of nitrogens with zero attached hydrogens (tertiary/aromatic N) is 2. The number of amides is 1. The van der Waals surface area contributed by atoms with Gasteiger partial charge < -0.3 is 19.5 Å². The van der Waals surface area contributed by atoms with Gasteiger partial charge in [-0.3, -0.25) is 9.36 Å². The predicted octanol–water partition coefficient (Wildman–Crippen LogP) is 4.62. The van der Waals surface area contributed by atoms with Crippen LogP contribution in [0.4, 0.5) is 5.82 Å². The van der Waals surface area contributed by atoms with E-state index in [2.05, 4.69) is 10.3 Å². The Labute approximate surface area is 221 Å². The van der Waals surface area contributed by atoms with Crippen LogP contribution in [0.2, 0.25) is 0 Å². The van der Waals surface area contributed by atoms with Gasteiger partial charge in [0, 0.05) is 19.7 Å². The number of rotatable bonds is 11. The molecule has 4 aromatic rings. The number of hydrogen-bond donors (Lipinski definition) is 1. The lowest BCUT2D eigenvalue weighted by Gasteiger charge is -2.36. The summed E-state index contributed by atoms with van der Waals surface area (Å²) in [6, 6.07) is 27.3. The van der Waals surface area contributed by atoms with E-state index in [0.717, 1.165) is 28.2 Å². The fraction of sp³-hybridized carbons (Fsp3) is 0.233. The fourth-order valence-corrected chi connectivity index (χ4v) is 4.38. The largest absolute Gasteiger partial charge is 0.497 e. The molecule has 1 amide bonds. The average molecular weight is 514 g/mol. The molecule has 8 heteroatoms. The monoisotopic (exact) mass is 513 g/mol. The second kappa shape index (κ2) is 12.2. The number of anilines is 1. The lowest BCUT2D eigenvalue weighted by Crippen LogP contribution is -2.34. The minimum absolute atomic E-state index is 0.233. The Hall–Kier alpha value is -4.43. The van der Waals surface area contributed by atoms with Crippen LogP contribution in [0.5, 0.6) is 11.5 Å². The van der Waals surface area contributed by atoms with E-state index in [1.807, 2.05) is 78.9 Å². The Morgan fingerprint density at radius 1 is 0.842 bits per heavy atom. The van der Waals surface area contributed by atoms with Crippen molar-refractivity contribution in [2.24, 2.45) is 0 Å². The number of carbonyl (C=O) groups excluding carboxylic acids is 1. The number of aryl methyl sites for hydroxylation is 1. The third kappa shape index (κ3) is 5.92. The first-order chi connectivity index (χ1) is 18.5. The molecule has 0 spiro atoms. The lowest BCUT2D eigenvalue weighted by molar-refractivity contribution is -0.114. The second-order valence-corrected chi connectivity index (χ2v) is 8.68. The van der Waals surface area contributed by atoms with Crippen molar-refractivity contribution >= 4 is 11.7 Å². The summed E-state index contributed by atoms with van der Waals surface area (Å²) in [5, 5.41) is 2.52. The van der Waals surface area contributed by atoms with E-state index in [9.17, 15) is 9.59 Å². The van der Waals surface area contributed by atoms with Gasteiger partial charge in [-0.05, 0) is 53.4 Å². The van der Waals surface area contributed by atoms with Crippen LogP contribution in [-0.2, 0) is 21.7 Å². The number of carbonyl (C=O) groups is 1. The maximum absolute atomic E-state index is 12.4. The summed E-state index contributed by atoms with van der Waals surface area (Å²) in [6.45, 7) is 2.13. The first-order valence-electron chi connectivity index (χ1n) is 12.3. The zero-order valence-corrected chi connectivity index (χ0v) is 21.7. The zero-order chi connectivity index (χ0) is 27.0. The van der Waals surface area contributed by atoms with E-state index >= 15 is 0 Å². The molecular formula is C30H31N3O5. The third-order valence-corrected chi connectivity index (χ3v) is 6.21. The van der Waals surface area contributed by atoms with Crippen LogP contribution in [0.3, 0.4) is 0 Å². The van der Waals surface area contributed by atoms with Gasteiger partial charge in [0.15, 0.2) is 0 Å². The molecule has 1 N–H and O–H groups in total. The molecule has 0 fully saturated rings. The molecule has 8 nitrogen and oxygen atoms in total. The smallest absolute Gasteiger partial charge is 0.349 e. The molecule has 196 valence electrons. The number of hydrogen-bond acceptors (Lipinski definition) is 6. The summed E-state index contributed by atoms with van der Waals surface area (Å²) in [6.07, 6.45) is 2.18. The number of ether oxygens (including phenoxy) is 3. The van der Waals surface area contributed by atoms with Crippen molar-refractivity contribution < 1.29 is 19.0 Å². The highest BCUT2D eigenvalue weighted by molar-refractivity contribution is 5.87. The summed E-state index contributed by atoms with van der Waals surface area (Å²) in [5.74, 6) is 1.45. The zero-order valence-electron chi connectivity index (χ0n) is 21.7. The molecule has 1 heterocycles. The molecule has 0 saturated carbocycles. The highest BCUT2D eigenvalue weighted by Gasteiger charge is 2.37. The van der Waals surface area contributed by atoms with Gasteiger partial charge in [-0.1, -0.05) is 54.6 Å². The van der Waals surface area contributed by atoms with Crippen LogP contribution in [0.15, 0.2) is 95.9 Å². The predicted molar refractivity (Wildman–Crippen MR) is 146 cm³/mol. The lowest BCUT2D eigenvalue weighted by atomic mass is 9.80. The Bertz CT molecular complexity index is 1350. The van der Waals surface area contributed by atoms with Gasteiger partial charge >= 0.3 is 5.69 Å². The number of aromatic nitrogens is 2. The fourth-order valence-electron chi connectivity index (χ4n) is 4.38. The van der Waals surface area contributed by atoms with Crippen molar-refractivity contribution in [2.45, 2.75) is 25.5 Å². The SMILES string of the molecule is COc1ccc(C(OCCCn2ccc(NC(C)=O)nc2=O)(c2ccccc2)c2ccc(OC)cc2)cc1. The summed E-state index contributed by atoms with van der Waals surface area (Å²) in [4.78, 5) is 27.6. The molecule has 0 atom stereocenters. The van der Waals surface area contributed by atoms with E-state index < -0.39 is 11.3 Å². The first kappa shape index (κ1) is 26.6. The average Bonchev–Trinajstić information content (AvgIpc) is 2.95. The van der Waals surface area contributed by atoms with E-state index in [0.29, 0.717) is 19.6 Å². The van der Waals surface area contributed by atoms with Crippen molar-refractivity contribution in [3.05, 3.63) is 118 Å². The number of benzene rings is 3. The Morgan fingerprint density at radius 3 is 1.89 bits per heavy atom. The quantitative estimate of drug-likeness (QED) is 0.233. The molecule has 0 aliphatic heterocycles. The van der Waals surface area contributed by atoms with Crippen molar-refractivity contribution in [1.82, 2.24) is 9.55 Å². The van der Waals surface area contributed by atoms with Gasteiger partial charge in [-0.25, -0.2) is 4.79 Å². The standard InChI is InChI=1S/C30H31N3O5/c1-22(34)31-28-18-20-33(29(35)32-28)19-7-21-38-30(23-8-5-4-6-9-23,24-10-14-26(36-2)15-11-24)25-12-16-27(37-3)17-13-25/h4-6,8-18,20H,7,19,21H2,1-3H3,(H,31,32,34,35). The van der Waals surface area contributed by atoms with E-state index in [-0.39, 0.29) is 11.7 Å².